The highest BCUT2D eigenvalue weighted by atomic mass is 35.5. The van der Waals surface area contributed by atoms with Gasteiger partial charge in [0.05, 0.1) is 0 Å². The Bertz CT molecular complexity index is 308. The molecule has 1 atom stereocenters. The Morgan fingerprint density at radius 3 is 2.47 bits per heavy atom. The van der Waals surface area contributed by atoms with Gasteiger partial charge in [0, 0.05) is 32.2 Å². The Labute approximate surface area is 120 Å². The minimum atomic E-state index is 0. The summed E-state index contributed by atoms with van der Waals surface area (Å²) in [5.74, 6) is 0.942. The molecule has 5 heteroatoms. The lowest BCUT2D eigenvalue weighted by atomic mass is 10.0. The Balaban J connectivity index is 0.000000722. The molecule has 0 unspecified atom stereocenters. The maximum absolute atomic E-state index is 3.44. The van der Waals surface area contributed by atoms with Crippen molar-refractivity contribution in [3.63, 3.8) is 0 Å². The van der Waals surface area contributed by atoms with Gasteiger partial charge in [0.15, 0.2) is 0 Å². The standard InChI is InChI=1S/C12H18N2S.2ClH/c1-2-10(1)12(11-3-8-15-9-11)14-6-4-13-5-7-14;;/h3,8-10,12-13H,1-2,4-7H2;2*1H/t12-;;/m0../s1. The molecule has 1 saturated carbocycles. The molecule has 1 saturated heterocycles. The molecule has 3 rings (SSSR count). The summed E-state index contributed by atoms with van der Waals surface area (Å²) in [7, 11) is 0. The number of hydrogen-bond acceptors (Lipinski definition) is 3. The van der Waals surface area contributed by atoms with Crippen molar-refractivity contribution >= 4 is 36.2 Å². The molecule has 1 aliphatic carbocycles. The fourth-order valence-corrected chi connectivity index (χ4v) is 3.29. The minimum absolute atomic E-state index is 0. The van der Waals surface area contributed by atoms with Crippen LogP contribution in [0.15, 0.2) is 16.8 Å². The molecule has 17 heavy (non-hydrogen) atoms. The van der Waals surface area contributed by atoms with E-state index in [1.807, 2.05) is 11.3 Å². The van der Waals surface area contributed by atoms with E-state index < -0.39 is 0 Å². The second-order valence-electron chi connectivity index (χ2n) is 4.62. The SMILES string of the molecule is Cl.Cl.c1cc([C@H](C2CC2)N2CCNCC2)cs1. The number of thiophene rings is 1. The Kier molecular flexibility index (Phi) is 6.24. The fraction of sp³-hybridized carbons (Fsp3) is 0.667. The smallest absolute Gasteiger partial charge is 0.0385 e. The summed E-state index contributed by atoms with van der Waals surface area (Å²) >= 11 is 1.83. The van der Waals surface area contributed by atoms with Crippen LogP contribution in [0.2, 0.25) is 0 Å². The van der Waals surface area contributed by atoms with E-state index in [2.05, 4.69) is 27.0 Å². The van der Waals surface area contributed by atoms with E-state index in [0.29, 0.717) is 0 Å². The van der Waals surface area contributed by atoms with Crippen LogP contribution in [0.3, 0.4) is 0 Å². The number of halogens is 2. The van der Waals surface area contributed by atoms with Gasteiger partial charge in [-0.25, -0.2) is 0 Å². The molecule has 1 aliphatic heterocycles. The van der Waals surface area contributed by atoms with E-state index in [1.54, 1.807) is 5.56 Å². The highest BCUT2D eigenvalue weighted by Crippen LogP contribution is 2.45. The average molecular weight is 295 g/mol. The number of nitrogens with one attached hydrogen (secondary N) is 1. The number of nitrogens with zero attached hydrogens (tertiary/aromatic N) is 1. The number of hydrogen-bond donors (Lipinski definition) is 1. The number of piperazine rings is 1. The molecule has 0 spiro atoms. The summed E-state index contributed by atoms with van der Waals surface area (Å²) in [6.07, 6.45) is 2.87. The highest BCUT2D eigenvalue weighted by molar-refractivity contribution is 7.07. The van der Waals surface area contributed by atoms with Crippen LogP contribution >= 0.6 is 36.2 Å². The van der Waals surface area contributed by atoms with Crippen molar-refractivity contribution in [1.82, 2.24) is 10.2 Å². The van der Waals surface area contributed by atoms with Crippen LogP contribution in [0.25, 0.3) is 0 Å². The van der Waals surface area contributed by atoms with Crippen molar-refractivity contribution in [2.75, 3.05) is 26.2 Å². The van der Waals surface area contributed by atoms with Crippen molar-refractivity contribution in [3.05, 3.63) is 22.4 Å². The topological polar surface area (TPSA) is 15.3 Å². The molecule has 1 aromatic rings. The third-order valence-electron chi connectivity index (χ3n) is 3.50. The molecule has 0 amide bonds. The molecule has 98 valence electrons. The van der Waals surface area contributed by atoms with Gasteiger partial charge >= 0.3 is 0 Å². The van der Waals surface area contributed by atoms with Crippen LogP contribution < -0.4 is 5.32 Å². The van der Waals surface area contributed by atoms with Crippen LogP contribution in [-0.2, 0) is 0 Å². The second kappa shape index (κ2) is 6.95. The zero-order valence-corrected chi connectivity index (χ0v) is 12.3. The van der Waals surface area contributed by atoms with Crippen LogP contribution in [0.1, 0.15) is 24.4 Å². The molecule has 2 heterocycles. The molecule has 0 aromatic carbocycles. The van der Waals surface area contributed by atoms with Crippen LogP contribution in [0.4, 0.5) is 0 Å². The van der Waals surface area contributed by atoms with Crippen LogP contribution in [-0.4, -0.2) is 31.1 Å². The Hall–Kier alpha value is 0.200. The van der Waals surface area contributed by atoms with Gasteiger partial charge in [0.2, 0.25) is 0 Å². The first-order valence-corrected chi connectivity index (χ1v) is 6.86. The normalized spacial score (nSPS) is 22.4. The lowest BCUT2D eigenvalue weighted by molar-refractivity contribution is 0.156. The van der Waals surface area contributed by atoms with E-state index in [9.17, 15) is 0 Å². The highest BCUT2D eigenvalue weighted by Gasteiger charge is 2.36. The molecule has 1 aromatic heterocycles. The third-order valence-corrected chi connectivity index (χ3v) is 4.20. The van der Waals surface area contributed by atoms with Gasteiger partial charge in [0.25, 0.3) is 0 Å². The lowest BCUT2D eigenvalue weighted by Gasteiger charge is -2.35. The quantitative estimate of drug-likeness (QED) is 0.922. The summed E-state index contributed by atoms with van der Waals surface area (Å²) in [6.45, 7) is 4.76. The fourth-order valence-electron chi connectivity index (χ4n) is 2.60. The van der Waals surface area contributed by atoms with Gasteiger partial charge in [-0.3, -0.25) is 4.90 Å². The summed E-state index contributed by atoms with van der Waals surface area (Å²) < 4.78 is 0. The largest absolute Gasteiger partial charge is 0.314 e. The summed E-state index contributed by atoms with van der Waals surface area (Å²) in [5.41, 5.74) is 1.56. The lowest BCUT2D eigenvalue weighted by Crippen LogP contribution is -2.45. The molecule has 2 aliphatic rings. The van der Waals surface area contributed by atoms with Crippen LogP contribution in [0, 0.1) is 5.92 Å². The first-order chi connectivity index (χ1) is 7.45. The Morgan fingerprint density at radius 1 is 1.24 bits per heavy atom. The molecule has 0 bridgehead atoms. The molecule has 2 fully saturated rings. The minimum Gasteiger partial charge on any atom is -0.314 e. The predicted molar refractivity (Wildman–Crippen MR) is 78.7 cm³/mol. The van der Waals surface area contributed by atoms with Crippen molar-refractivity contribution in [3.8, 4) is 0 Å². The van der Waals surface area contributed by atoms with Gasteiger partial charge in [-0.1, -0.05) is 0 Å². The first kappa shape index (κ1) is 15.3. The molecular weight excluding hydrogens is 275 g/mol. The van der Waals surface area contributed by atoms with Crippen LogP contribution in [0.5, 0.6) is 0 Å². The van der Waals surface area contributed by atoms with E-state index in [1.165, 1.54) is 25.9 Å². The van der Waals surface area contributed by atoms with E-state index in [4.69, 9.17) is 0 Å². The van der Waals surface area contributed by atoms with Gasteiger partial charge in [-0.2, -0.15) is 11.3 Å². The van der Waals surface area contributed by atoms with Crippen molar-refractivity contribution in [2.45, 2.75) is 18.9 Å². The van der Waals surface area contributed by atoms with E-state index in [0.717, 1.165) is 25.0 Å². The molecule has 2 nitrogen and oxygen atoms in total. The molecular formula is C12H20Cl2N2S. The first-order valence-electron chi connectivity index (χ1n) is 5.92. The molecule has 0 radical (unpaired) electrons. The van der Waals surface area contributed by atoms with Gasteiger partial charge in [-0.15, -0.1) is 24.8 Å². The second-order valence-corrected chi connectivity index (χ2v) is 5.40. The van der Waals surface area contributed by atoms with Crippen molar-refractivity contribution < 1.29 is 0 Å². The van der Waals surface area contributed by atoms with E-state index >= 15 is 0 Å². The maximum Gasteiger partial charge on any atom is 0.0385 e. The summed E-state index contributed by atoms with van der Waals surface area (Å²) in [4.78, 5) is 2.68. The van der Waals surface area contributed by atoms with Gasteiger partial charge < -0.3 is 5.32 Å². The average Bonchev–Trinajstić information content (AvgIpc) is 2.96. The number of rotatable bonds is 3. The van der Waals surface area contributed by atoms with Gasteiger partial charge in [0.1, 0.15) is 0 Å². The van der Waals surface area contributed by atoms with Crippen molar-refractivity contribution in [2.24, 2.45) is 5.92 Å². The molecule has 1 N–H and O–H groups in total. The van der Waals surface area contributed by atoms with E-state index in [-0.39, 0.29) is 24.8 Å². The summed E-state index contributed by atoms with van der Waals surface area (Å²) in [5, 5.41) is 7.99. The summed E-state index contributed by atoms with van der Waals surface area (Å²) in [6, 6.07) is 3.04. The maximum atomic E-state index is 3.44. The monoisotopic (exact) mass is 294 g/mol. The Morgan fingerprint density at radius 2 is 1.94 bits per heavy atom. The zero-order chi connectivity index (χ0) is 10.1. The zero-order valence-electron chi connectivity index (χ0n) is 9.80. The third kappa shape index (κ3) is 3.58. The van der Waals surface area contributed by atoms with Gasteiger partial charge in [-0.05, 0) is 41.1 Å². The van der Waals surface area contributed by atoms with Crippen molar-refractivity contribution in [1.29, 1.82) is 0 Å². The predicted octanol–water partition coefficient (Wildman–Crippen LogP) is 2.95.